The third-order valence-electron chi connectivity index (χ3n) is 12.3. The van der Waals surface area contributed by atoms with E-state index in [-0.39, 0.29) is 44.1 Å². The first-order valence-corrected chi connectivity index (χ1v) is 16.6. The topological polar surface area (TPSA) is 203 Å². The molecule has 2 saturated heterocycles. The molecule has 2 saturated carbocycles. The number of ether oxygens (including phenoxy) is 4. The zero-order valence-corrected chi connectivity index (χ0v) is 28.1. The van der Waals surface area contributed by atoms with Crippen molar-refractivity contribution in [3.63, 3.8) is 0 Å². The third kappa shape index (κ3) is 5.14. The van der Waals surface area contributed by atoms with Crippen LogP contribution in [0.25, 0.3) is 0 Å². The number of ketones is 1. The number of carbonyl (C=O) groups excluding carboxylic acids is 4. The summed E-state index contributed by atoms with van der Waals surface area (Å²) in [5.41, 5.74) is -3.46. The smallest absolute Gasteiger partial charge is 0.348 e. The molecule has 5 unspecified atom stereocenters. The van der Waals surface area contributed by atoms with Gasteiger partial charge in [-0.15, -0.1) is 0 Å². The second kappa shape index (κ2) is 11.9. The van der Waals surface area contributed by atoms with E-state index in [0.717, 1.165) is 0 Å². The molecule has 47 heavy (non-hydrogen) atoms. The second-order valence-electron chi connectivity index (χ2n) is 15.3. The minimum atomic E-state index is -2.25. The van der Waals surface area contributed by atoms with Gasteiger partial charge in [0.1, 0.15) is 12.2 Å². The lowest BCUT2D eigenvalue weighted by atomic mass is 9.38. The number of fused-ring (bicyclic) bond motifs is 1. The van der Waals surface area contributed by atoms with Gasteiger partial charge in [0, 0.05) is 35.5 Å². The Kier molecular flexibility index (Phi) is 8.99. The van der Waals surface area contributed by atoms with Crippen molar-refractivity contribution in [1.82, 2.24) is 0 Å². The number of carboxylic acids is 1. The van der Waals surface area contributed by atoms with Crippen LogP contribution in [0, 0.1) is 46.3 Å². The summed E-state index contributed by atoms with van der Waals surface area (Å²) in [6.45, 7) is 12.0. The van der Waals surface area contributed by atoms with Crippen molar-refractivity contribution in [2.75, 3.05) is 6.61 Å². The Morgan fingerprint density at radius 2 is 1.72 bits per heavy atom. The number of carboxylic acid groups (broad SMARTS) is 1. The van der Waals surface area contributed by atoms with Gasteiger partial charge in [0.25, 0.3) is 0 Å². The molecule has 0 aromatic carbocycles. The summed E-state index contributed by atoms with van der Waals surface area (Å²) in [5, 5.41) is 44.3. The van der Waals surface area contributed by atoms with Crippen molar-refractivity contribution in [3.8, 4) is 0 Å². The molecule has 0 aromatic rings. The molecular weight excluding hydrogens is 616 g/mol. The molecule has 0 aromatic heterocycles. The summed E-state index contributed by atoms with van der Waals surface area (Å²) in [6, 6.07) is 0. The van der Waals surface area contributed by atoms with Crippen LogP contribution in [0.2, 0.25) is 0 Å². The van der Waals surface area contributed by atoms with E-state index in [4.69, 9.17) is 24.1 Å². The third-order valence-corrected chi connectivity index (χ3v) is 12.3. The van der Waals surface area contributed by atoms with Gasteiger partial charge in [-0.1, -0.05) is 47.1 Å². The van der Waals surface area contributed by atoms with E-state index >= 15 is 0 Å². The maximum absolute atomic E-state index is 13.7. The van der Waals surface area contributed by atoms with E-state index < -0.39 is 106 Å². The molecule has 1 spiro atoms. The average Bonchev–Trinajstić information content (AvgIpc) is 3.25. The van der Waals surface area contributed by atoms with Crippen LogP contribution in [0.4, 0.5) is 0 Å². The van der Waals surface area contributed by atoms with Crippen LogP contribution in [-0.4, -0.2) is 92.5 Å². The quantitative estimate of drug-likeness (QED) is 0.195. The molecule has 13 nitrogen and oxygen atoms in total. The van der Waals surface area contributed by atoms with Gasteiger partial charge in [-0.05, 0) is 49.5 Å². The Morgan fingerprint density at radius 1 is 1.09 bits per heavy atom. The molecule has 4 fully saturated rings. The van der Waals surface area contributed by atoms with Crippen molar-refractivity contribution in [2.45, 2.75) is 116 Å². The summed E-state index contributed by atoms with van der Waals surface area (Å²) in [4.78, 5) is 64.9. The highest BCUT2D eigenvalue weighted by molar-refractivity contribution is 5.97. The molecule has 3 aliphatic carbocycles. The van der Waals surface area contributed by atoms with E-state index in [1.54, 1.807) is 48.5 Å². The lowest BCUT2D eigenvalue weighted by molar-refractivity contribution is -0.340. The normalized spacial score (nSPS) is 40.7. The first kappa shape index (κ1) is 35.4. The molecule has 2 aliphatic heterocycles. The highest BCUT2D eigenvalue weighted by Gasteiger charge is 2.84. The number of aliphatic hydroxyl groups is 3. The van der Waals surface area contributed by atoms with Gasteiger partial charge >= 0.3 is 23.9 Å². The lowest BCUT2D eigenvalue weighted by Gasteiger charge is -2.68. The van der Waals surface area contributed by atoms with Gasteiger partial charge in [0.05, 0.1) is 18.6 Å². The molecule has 262 valence electrons. The van der Waals surface area contributed by atoms with Gasteiger partial charge in [0.2, 0.25) is 6.10 Å². The fraction of sp³-hybridized carbons (Fsp3) is 0.794. The zero-order chi connectivity index (χ0) is 35.0. The lowest BCUT2D eigenvalue weighted by Crippen LogP contribution is -2.78. The molecule has 5 rings (SSSR count). The molecule has 2 bridgehead atoms. The monoisotopic (exact) mass is 664 g/mol. The Hall–Kier alpha value is -2.87. The first-order valence-electron chi connectivity index (χ1n) is 16.6. The number of hydrogen-bond donors (Lipinski definition) is 4. The van der Waals surface area contributed by atoms with E-state index in [9.17, 15) is 39.3 Å². The fourth-order valence-corrected chi connectivity index (χ4v) is 9.96. The molecule has 13 heteroatoms. The predicted octanol–water partition coefficient (Wildman–Crippen LogP) is 1.93. The Bertz CT molecular complexity index is 1360. The summed E-state index contributed by atoms with van der Waals surface area (Å²) >= 11 is 0. The Balaban J connectivity index is 1.57. The van der Waals surface area contributed by atoms with Gasteiger partial charge in [-0.3, -0.25) is 19.2 Å². The van der Waals surface area contributed by atoms with Gasteiger partial charge in [-0.25, -0.2) is 4.79 Å². The largest absolute Gasteiger partial charge is 0.481 e. The van der Waals surface area contributed by atoms with E-state index in [2.05, 4.69) is 0 Å². The highest BCUT2D eigenvalue weighted by Crippen LogP contribution is 2.74. The van der Waals surface area contributed by atoms with E-state index in [1.165, 1.54) is 6.08 Å². The molecule has 0 amide bonds. The average molecular weight is 665 g/mol. The van der Waals surface area contributed by atoms with E-state index in [0.29, 0.717) is 5.57 Å². The van der Waals surface area contributed by atoms with Crippen LogP contribution < -0.4 is 0 Å². The van der Waals surface area contributed by atoms with E-state index in [1.807, 2.05) is 0 Å². The van der Waals surface area contributed by atoms with Gasteiger partial charge < -0.3 is 39.4 Å². The highest BCUT2D eigenvalue weighted by atomic mass is 16.7. The van der Waals surface area contributed by atoms with Crippen LogP contribution in [0.1, 0.15) is 80.6 Å². The number of esters is 3. The van der Waals surface area contributed by atoms with Crippen molar-refractivity contribution in [1.29, 1.82) is 0 Å². The SMILES string of the molecule is CC1=CC(=O)[C@@H](OC(=O)CCCC(=O)O)C2(C)C3[C@]45CO[C@]3(O)[C@H](O)C(C)C4C(OC(=O)CC(O)(C(C)C)C(C)C)C(=O)O[C@@H]5C[C@@H]12. The number of carbonyl (C=O) groups is 5. The number of allylic oxidation sites excluding steroid dienone is 1. The van der Waals surface area contributed by atoms with Crippen LogP contribution in [-0.2, 0) is 42.9 Å². The number of rotatable bonds is 10. The molecular formula is C34H48O13. The molecule has 5 aliphatic rings. The molecule has 2 heterocycles. The minimum Gasteiger partial charge on any atom is -0.481 e. The Morgan fingerprint density at radius 3 is 2.32 bits per heavy atom. The molecule has 0 radical (unpaired) electrons. The van der Waals surface area contributed by atoms with Crippen LogP contribution in [0.15, 0.2) is 11.6 Å². The number of aliphatic hydroxyl groups excluding tert-OH is 1. The van der Waals surface area contributed by atoms with Crippen molar-refractivity contribution in [3.05, 3.63) is 11.6 Å². The fourth-order valence-electron chi connectivity index (χ4n) is 9.96. The van der Waals surface area contributed by atoms with Crippen LogP contribution in [0.3, 0.4) is 0 Å². The standard InChI is InChI=1S/C34H48O13/c1-15(2)33(42,16(3)4)13-24(39)46-26-25-18(6)27(40)34(43)30-31(7)19(12-21(45-29(26)41)32(25,30)14-44-34)17(5)11-20(35)28(31)47-23(38)10-8-9-22(36)37/h11,15-16,18-19,21,25-28,30,40,42-43H,8-10,12-14H2,1-7H3,(H,36,37)/t18?,19-,21+,25?,26?,27+,28+,30?,31?,32-,34+/m0/s1. The Labute approximate surface area is 274 Å². The molecule has 11 atom stereocenters. The van der Waals surface area contributed by atoms with Crippen molar-refractivity contribution in [2.24, 2.45) is 46.3 Å². The zero-order valence-electron chi connectivity index (χ0n) is 28.1. The predicted molar refractivity (Wildman–Crippen MR) is 161 cm³/mol. The summed E-state index contributed by atoms with van der Waals surface area (Å²) in [5.74, 6) is -10.4. The van der Waals surface area contributed by atoms with Gasteiger partial charge in [-0.2, -0.15) is 0 Å². The van der Waals surface area contributed by atoms with Crippen LogP contribution >= 0.6 is 0 Å². The van der Waals surface area contributed by atoms with Crippen molar-refractivity contribution < 1.29 is 63.3 Å². The molecule has 4 N–H and O–H groups in total. The summed E-state index contributed by atoms with van der Waals surface area (Å²) < 4.78 is 23.8. The summed E-state index contributed by atoms with van der Waals surface area (Å²) in [6.07, 6.45) is -4.79. The number of aliphatic carboxylic acids is 1. The minimum absolute atomic E-state index is 0.00335. The maximum atomic E-state index is 13.7. The first-order chi connectivity index (χ1) is 21.8. The van der Waals surface area contributed by atoms with Crippen molar-refractivity contribution >= 4 is 29.7 Å². The second-order valence-corrected chi connectivity index (χ2v) is 15.3. The van der Waals surface area contributed by atoms with Crippen LogP contribution in [0.5, 0.6) is 0 Å². The summed E-state index contributed by atoms with van der Waals surface area (Å²) in [7, 11) is 0. The van der Waals surface area contributed by atoms with Gasteiger partial charge in [0.15, 0.2) is 17.7 Å². The number of hydrogen-bond acceptors (Lipinski definition) is 12. The maximum Gasteiger partial charge on any atom is 0.348 e.